The van der Waals surface area contributed by atoms with Gasteiger partial charge in [0, 0.05) is 25.2 Å². The molecule has 4 heteroatoms. The first kappa shape index (κ1) is 15.8. The van der Waals surface area contributed by atoms with Crippen LogP contribution in [0.2, 0.25) is 5.02 Å². The predicted octanol–water partition coefficient (Wildman–Crippen LogP) is 3.66. The lowest BCUT2D eigenvalue weighted by molar-refractivity contribution is 0.199. The molecule has 0 saturated carbocycles. The van der Waals surface area contributed by atoms with Gasteiger partial charge < -0.3 is 14.8 Å². The van der Waals surface area contributed by atoms with Crippen LogP contribution in [0.3, 0.4) is 0 Å². The van der Waals surface area contributed by atoms with Crippen LogP contribution in [0.25, 0.3) is 0 Å². The van der Waals surface area contributed by atoms with E-state index in [1.54, 1.807) is 7.11 Å². The van der Waals surface area contributed by atoms with Crippen LogP contribution in [-0.2, 0) is 17.9 Å². The number of ether oxygens (including phenoxy) is 2. The van der Waals surface area contributed by atoms with Gasteiger partial charge in [-0.1, -0.05) is 35.9 Å². The average molecular weight is 306 g/mol. The molecule has 0 fully saturated rings. The van der Waals surface area contributed by atoms with Crippen molar-refractivity contribution in [2.45, 2.75) is 13.2 Å². The van der Waals surface area contributed by atoms with E-state index in [1.807, 2.05) is 36.4 Å². The number of halogens is 1. The number of hydrogen-bond donors (Lipinski definition) is 1. The van der Waals surface area contributed by atoms with Crippen LogP contribution in [0.5, 0.6) is 5.75 Å². The van der Waals surface area contributed by atoms with Crippen LogP contribution in [0.4, 0.5) is 0 Å². The van der Waals surface area contributed by atoms with Crippen molar-refractivity contribution in [1.82, 2.24) is 5.32 Å². The van der Waals surface area contributed by atoms with E-state index in [4.69, 9.17) is 21.1 Å². The second-order valence-corrected chi connectivity index (χ2v) is 5.17. The van der Waals surface area contributed by atoms with Gasteiger partial charge in [-0.05, 0) is 35.4 Å². The summed E-state index contributed by atoms with van der Waals surface area (Å²) in [5.74, 6) is 0.857. The van der Waals surface area contributed by atoms with Crippen molar-refractivity contribution in [1.29, 1.82) is 0 Å². The molecular weight excluding hydrogens is 286 g/mol. The standard InChI is InChI=1S/C17H20ClNO2/c1-20-10-9-19-12-14-5-7-17(8-6-14)21-13-15-3-2-4-16(18)11-15/h2-8,11,19H,9-10,12-13H2,1H3. The van der Waals surface area contributed by atoms with Gasteiger partial charge in [0.15, 0.2) is 0 Å². The summed E-state index contributed by atoms with van der Waals surface area (Å²) in [6, 6.07) is 15.8. The minimum Gasteiger partial charge on any atom is -0.489 e. The van der Waals surface area contributed by atoms with Crippen molar-refractivity contribution in [3.8, 4) is 5.75 Å². The fraction of sp³-hybridized carbons (Fsp3) is 0.294. The summed E-state index contributed by atoms with van der Waals surface area (Å²) in [4.78, 5) is 0. The van der Waals surface area contributed by atoms with Gasteiger partial charge in [-0.3, -0.25) is 0 Å². The molecule has 2 aromatic rings. The minimum atomic E-state index is 0.520. The largest absolute Gasteiger partial charge is 0.489 e. The summed E-state index contributed by atoms with van der Waals surface area (Å²) in [6.45, 7) is 2.92. The van der Waals surface area contributed by atoms with Gasteiger partial charge in [-0.25, -0.2) is 0 Å². The summed E-state index contributed by atoms with van der Waals surface area (Å²) in [7, 11) is 1.70. The van der Waals surface area contributed by atoms with E-state index in [9.17, 15) is 0 Å². The molecule has 2 rings (SSSR count). The van der Waals surface area contributed by atoms with E-state index in [0.717, 1.165) is 36.0 Å². The molecule has 0 atom stereocenters. The summed E-state index contributed by atoms with van der Waals surface area (Å²) in [5.41, 5.74) is 2.29. The van der Waals surface area contributed by atoms with Gasteiger partial charge in [-0.15, -0.1) is 0 Å². The Labute approximate surface area is 130 Å². The molecule has 2 aromatic carbocycles. The topological polar surface area (TPSA) is 30.5 Å². The minimum absolute atomic E-state index is 0.520. The zero-order chi connectivity index (χ0) is 14.9. The van der Waals surface area contributed by atoms with Gasteiger partial charge in [0.05, 0.1) is 6.61 Å². The first-order valence-electron chi connectivity index (χ1n) is 6.94. The van der Waals surface area contributed by atoms with E-state index in [0.29, 0.717) is 6.61 Å². The highest BCUT2D eigenvalue weighted by Crippen LogP contribution is 2.16. The highest BCUT2D eigenvalue weighted by molar-refractivity contribution is 6.30. The Hall–Kier alpha value is -1.55. The Morgan fingerprint density at radius 3 is 2.57 bits per heavy atom. The number of nitrogens with one attached hydrogen (secondary N) is 1. The second kappa shape index (κ2) is 8.67. The predicted molar refractivity (Wildman–Crippen MR) is 85.8 cm³/mol. The van der Waals surface area contributed by atoms with Gasteiger partial charge in [0.25, 0.3) is 0 Å². The lowest BCUT2D eigenvalue weighted by Crippen LogP contribution is -2.18. The summed E-state index contributed by atoms with van der Waals surface area (Å²) >= 11 is 5.95. The first-order valence-corrected chi connectivity index (χ1v) is 7.31. The Morgan fingerprint density at radius 2 is 1.86 bits per heavy atom. The smallest absolute Gasteiger partial charge is 0.119 e. The van der Waals surface area contributed by atoms with Crippen molar-refractivity contribution < 1.29 is 9.47 Å². The summed E-state index contributed by atoms with van der Waals surface area (Å²) < 4.78 is 10.7. The molecule has 1 N–H and O–H groups in total. The van der Waals surface area contributed by atoms with Gasteiger partial charge in [0.2, 0.25) is 0 Å². The Bertz CT molecular complexity index is 543. The van der Waals surface area contributed by atoms with E-state index in [1.165, 1.54) is 5.56 Å². The van der Waals surface area contributed by atoms with Crippen LogP contribution < -0.4 is 10.1 Å². The highest BCUT2D eigenvalue weighted by atomic mass is 35.5. The Balaban J connectivity index is 1.79. The van der Waals surface area contributed by atoms with Crippen molar-refractivity contribution in [3.05, 3.63) is 64.7 Å². The zero-order valence-corrected chi connectivity index (χ0v) is 12.9. The molecule has 0 aromatic heterocycles. The van der Waals surface area contributed by atoms with Crippen LogP contribution in [0.15, 0.2) is 48.5 Å². The van der Waals surface area contributed by atoms with Crippen LogP contribution >= 0.6 is 11.6 Å². The number of benzene rings is 2. The van der Waals surface area contributed by atoms with Gasteiger partial charge in [0.1, 0.15) is 12.4 Å². The third-order valence-corrected chi connectivity index (χ3v) is 3.27. The highest BCUT2D eigenvalue weighted by Gasteiger charge is 1.98. The normalized spacial score (nSPS) is 10.6. The molecular formula is C17H20ClNO2. The van der Waals surface area contributed by atoms with Crippen LogP contribution in [0, 0.1) is 0 Å². The average Bonchev–Trinajstić information content (AvgIpc) is 2.51. The fourth-order valence-corrected chi connectivity index (χ4v) is 2.12. The van der Waals surface area contributed by atoms with E-state index >= 15 is 0 Å². The lowest BCUT2D eigenvalue weighted by Gasteiger charge is -2.08. The molecule has 0 saturated heterocycles. The number of hydrogen-bond acceptors (Lipinski definition) is 3. The van der Waals surface area contributed by atoms with Crippen molar-refractivity contribution in [2.75, 3.05) is 20.3 Å². The maximum absolute atomic E-state index is 5.95. The maximum atomic E-state index is 5.95. The number of rotatable bonds is 8. The monoisotopic (exact) mass is 305 g/mol. The maximum Gasteiger partial charge on any atom is 0.119 e. The molecule has 0 spiro atoms. The SMILES string of the molecule is COCCNCc1ccc(OCc2cccc(Cl)c2)cc1. The lowest BCUT2D eigenvalue weighted by atomic mass is 10.2. The van der Waals surface area contributed by atoms with Crippen molar-refractivity contribution >= 4 is 11.6 Å². The molecule has 0 bridgehead atoms. The zero-order valence-electron chi connectivity index (χ0n) is 12.1. The molecule has 0 aliphatic carbocycles. The third kappa shape index (κ3) is 5.76. The fourth-order valence-electron chi connectivity index (χ4n) is 1.90. The molecule has 0 aliphatic rings. The first-order chi connectivity index (χ1) is 10.3. The quantitative estimate of drug-likeness (QED) is 0.755. The molecule has 112 valence electrons. The van der Waals surface area contributed by atoms with Crippen LogP contribution in [-0.4, -0.2) is 20.3 Å². The molecule has 0 unspecified atom stereocenters. The molecule has 0 radical (unpaired) electrons. The third-order valence-electron chi connectivity index (χ3n) is 3.03. The van der Waals surface area contributed by atoms with Crippen LogP contribution in [0.1, 0.15) is 11.1 Å². The molecule has 0 amide bonds. The molecule has 21 heavy (non-hydrogen) atoms. The van der Waals surface area contributed by atoms with Gasteiger partial charge in [-0.2, -0.15) is 0 Å². The Kier molecular flexibility index (Phi) is 6.54. The summed E-state index contributed by atoms with van der Waals surface area (Å²) in [6.07, 6.45) is 0. The summed E-state index contributed by atoms with van der Waals surface area (Å²) in [5, 5.41) is 4.04. The van der Waals surface area contributed by atoms with E-state index in [2.05, 4.69) is 17.4 Å². The van der Waals surface area contributed by atoms with E-state index in [-0.39, 0.29) is 0 Å². The van der Waals surface area contributed by atoms with E-state index < -0.39 is 0 Å². The van der Waals surface area contributed by atoms with Crippen molar-refractivity contribution in [2.24, 2.45) is 0 Å². The van der Waals surface area contributed by atoms with Gasteiger partial charge >= 0.3 is 0 Å². The molecule has 3 nitrogen and oxygen atoms in total. The Morgan fingerprint density at radius 1 is 1.05 bits per heavy atom. The molecule has 0 aliphatic heterocycles. The second-order valence-electron chi connectivity index (χ2n) is 4.73. The number of methoxy groups -OCH3 is 1. The van der Waals surface area contributed by atoms with Crippen molar-refractivity contribution in [3.63, 3.8) is 0 Å². The molecule has 0 heterocycles.